The molecule has 2 aromatic heterocycles. The fraction of sp³-hybridized carbons (Fsp3) is 0.250. The normalized spacial score (nSPS) is 16.1. The Labute approximate surface area is 156 Å². The number of aromatic nitrogens is 3. The van der Waals surface area contributed by atoms with Gasteiger partial charge in [-0.1, -0.05) is 12.1 Å². The molecule has 0 spiro atoms. The largest absolute Gasteiger partial charge is 0.460 e. The lowest BCUT2D eigenvalue weighted by atomic mass is 9.96. The molecule has 7 heteroatoms. The molecule has 1 aliphatic rings. The predicted molar refractivity (Wildman–Crippen MR) is 101 cm³/mol. The highest BCUT2D eigenvalue weighted by Crippen LogP contribution is 2.39. The monoisotopic (exact) mass is 364 g/mol. The fourth-order valence-corrected chi connectivity index (χ4v) is 3.38. The van der Waals surface area contributed by atoms with E-state index in [9.17, 15) is 4.79 Å². The van der Waals surface area contributed by atoms with Crippen molar-refractivity contribution < 1.29 is 14.3 Å². The van der Waals surface area contributed by atoms with Crippen LogP contribution in [0.15, 0.2) is 60.1 Å². The molecule has 0 saturated heterocycles. The van der Waals surface area contributed by atoms with Crippen molar-refractivity contribution in [1.82, 2.24) is 14.5 Å². The molecular weight excluding hydrogens is 344 g/mol. The Morgan fingerprint density at radius 1 is 1.19 bits per heavy atom. The molecule has 0 amide bonds. The highest BCUT2D eigenvalue weighted by molar-refractivity contribution is 5.94. The molecule has 1 N–H and O–H groups in total. The van der Waals surface area contributed by atoms with Gasteiger partial charge in [-0.05, 0) is 36.8 Å². The molecule has 3 aromatic rings. The van der Waals surface area contributed by atoms with Crippen LogP contribution in [0.4, 0.5) is 5.95 Å². The molecule has 0 saturated carbocycles. The summed E-state index contributed by atoms with van der Waals surface area (Å²) in [6.07, 6.45) is 3.44. The van der Waals surface area contributed by atoms with Crippen LogP contribution in [0.1, 0.15) is 18.5 Å². The minimum Gasteiger partial charge on any atom is -0.460 e. The first-order valence-electron chi connectivity index (χ1n) is 8.71. The van der Waals surface area contributed by atoms with Gasteiger partial charge in [0.05, 0.1) is 29.3 Å². The number of nitrogens with one attached hydrogen (secondary N) is 1. The Morgan fingerprint density at radius 3 is 2.74 bits per heavy atom. The van der Waals surface area contributed by atoms with Gasteiger partial charge >= 0.3 is 5.97 Å². The molecule has 7 nitrogen and oxygen atoms in total. The third-order valence-corrected chi connectivity index (χ3v) is 4.59. The van der Waals surface area contributed by atoms with Gasteiger partial charge in [-0.2, -0.15) is 0 Å². The summed E-state index contributed by atoms with van der Waals surface area (Å²) >= 11 is 0. The maximum atomic E-state index is 12.9. The van der Waals surface area contributed by atoms with Crippen molar-refractivity contribution in [3.05, 3.63) is 65.6 Å². The van der Waals surface area contributed by atoms with Crippen molar-refractivity contribution in [3.8, 4) is 0 Å². The number of nitrogens with zero attached hydrogens (tertiary/aromatic N) is 3. The number of anilines is 1. The van der Waals surface area contributed by atoms with Crippen LogP contribution >= 0.6 is 0 Å². The van der Waals surface area contributed by atoms with E-state index in [0.717, 1.165) is 22.3 Å². The van der Waals surface area contributed by atoms with Crippen molar-refractivity contribution in [2.75, 3.05) is 25.6 Å². The summed E-state index contributed by atoms with van der Waals surface area (Å²) < 4.78 is 12.5. The number of ether oxygens (including phenoxy) is 2. The van der Waals surface area contributed by atoms with Crippen LogP contribution in [-0.2, 0) is 14.3 Å². The van der Waals surface area contributed by atoms with Gasteiger partial charge < -0.3 is 14.8 Å². The summed E-state index contributed by atoms with van der Waals surface area (Å²) in [6, 6.07) is 11.3. The zero-order chi connectivity index (χ0) is 18.8. The number of hydrogen-bond acceptors (Lipinski definition) is 6. The summed E-state index contributed by atoms with van der Waals surface area (Å²) in [5.41, 5.74) is 4.02. The number of para-hydroxylation sites is 2. The average Bonchev–Trinajstić information content (AvgIpc) is 3.05. The first-order valence-corrected chi connectivity index (χ1v) is 8.71. The number of carbonyl (C=O) groups is 1. The van der Waals surface area contributed by atoms with Crippen LogP contribution in [0.5, 0.6) is 0 Å². The number of allylic oxidation sites excluding steroid dienone is 1. The van der Waals surface area contributed by atoms with Crippen molar-refractivity contribution in [2.45, 2.75) is 13.0 Å². The van der Waals surface area contributed by atoms with Gasteiger partial charge in [0.1, 0.15) is 6.61 Å². The second-order valence-electron chi connectivity index (χ2n) is 6.27. The van der Waals surface area contributed by atoms with E-state index in [-0.39, 0.29) is 18.6 Å². The van der Waals surface area contributed by atoms with Crippen molar-refractivity contribution in [1.29, 1.82) is 0 Å². The Morgan fingerprint density at radius 2 is 1.96 bits per heavy atom. The Hall–Kier alpha value is -3.19. The lowest BCUT2D eigenvalue weighted by molar-refractivity contribution is -0.140. The summed E-state index contributed by atoms with van der Waals surface area (Å²) in [6.45, 7) is 2.42. The smallest absolute Gasteiger partial charge is 0.338 e. The van der Waals surface area contributed by atoms with E-state index in [1.165, 1.54) is 0 Å². The van der Waals surface area contributed by atoms with Gasteiger partial charge in [0.15, 0.2) is 0 Å². The van der Waals surface area contributed by atoms with Gasteiger partial charge in [-0.3, -0.25) is 9.55 Å². The second kappa shape index (κ2) is 7.20. The second-order valence-corrected chi connectivity index (χ2v) is 6.27. The number of esters is 1. The third kappa shape index (κ3) is 3.06. The molecule has 0 bridgehead atoms. The van der Waals surface area contributed by atoms with Gasteiger partial charge in [0.25, 0.3) is 0 Å². The standard InChI is InChI=1S/C20H20N4O3/c1-13-17(19(25)27-12-11-26-2)18(14-7-9-21-10-8-14)24-16-6-4-3-5-15(16)23-20(24)22-13/h3-10,18H,11-12H2,1-2H3,(H,22,23)/t18-/m0/s1. The molecule has 4 rings (SSSR count). The number of hydrogen-bond donors (Lipinski definition) is 1. The van der Waals surface area contributed by atoms with Crippen molar-refractivity contribution >= 4 is 23.0 Å². The van der Waals surface area contributed by atoms with Crippen LogP contribution < -0.4 is 5.32 Å². The van der Waals surface area contributed by atoms with Crippen LogP contribution in [0.3, 0.4) is 0 Å². The summed E-state index contributed by atoms with van der Waals surface area (Å²) in [7, 11) is 1.57. The van der Waals surface area contributed by atoms with E-state index >= 15 is 0 Å². The molecule has 3 heterocycles. The van der Waals surface area contributed by atoms with E-state index in [0.29, 0.717) is 18.1 Å². The highest BCUT2D eigenvalue weighted by atomic mass is 16.6. The van der Waals surface area contributed by atoms with E-state index in [1.807, 2.05) is 47.9 Å². The molecule has 0 aliphatic carbocycles. The SMILES string of the molecule is COCCOC(=O)C1=C(C)Nc2nc3ccccc3n2[C@H]1c1ccncc1. The summed E-state index contributed by atoms with van der Waals surface area (Å²) in [5.74, 6) is 0.325. The van der Waals surface area contributed by atoms with Gasteiger partial charge in [0.2, 0.25) is 5.95 Å². The molecule has 138 valence electrons. The van der Waals surface area contributed by atoms with E-state index < -0.39 is 0 Å². The average molecular weight is 364 g/mol. The highest BCUT2D eigenvalue weighted by Gasteiger charge is 2.34. The number of fused-ring (bicyclic) bond motifs is 3. The van der Waals surface area contributed by atoms with Crippen molar-refractivity contribution in [2.24, 2.45) is 0 Å². The fourth-order valence-electron chi connectivity index (χ4n) is 3.38. The summed E-state index contributed by atoms with van der Waals surface area (Å²) in [5, 5.41) is 3.25. The van der Waals surface area contributed by atoms with Crippen LogP contribution in [0.2, 0.25) is 0 Å². The number of pyridine rings is 1. The zero-order valence-corrected chi connectivity index (χ0v) is 15.2. The topological polar surface area (TPSA) is 78.3 Å². The minimum absolute atomic E-state index is 0.201. The Balaban J connectivity index is 1.86. The first kappa shape index (κ1) is 17.2. The molecular formula is C20H20N4O3. The molecule has 27 heavy (non-hydrogen) atoms. The quantitative estimate of drug-likeness (QED) is 0.554. The minimum atomic E-state index is -0.373. The van der Waals surface area contributed by atoms with Crippen LogP contribution in [0.25, 0.3) is 11.0 Å². The maximum Gasteiger partial charge on any atom is 0.338 e. The predicted octanol–water partition coefficient (Wildman–Crippen LogP) is 2.91. The number of rotatable bonds is 5. The lowest BCUT2D eigenvalue weighted by Gasteiger charge is -2.30. The Bertz CT molecular complexity index is 1010. The lowest BCUT2D eigenvalue weighted by Crippen LogP contribution is -2.29. The first-order chi connectivity index (χ1) is 13.2. The number of benzene rings is 1. The molecule has 0 fully saturated rings. The van der Waals surface area contributed by atoms with E-state index in [4.69, 9.17) is 9.47 Å². The molecule has 1 aliphatic heterocycles. The zero-order valence-electron chi connectivity index (χ0n) is 15.2. The molecule has 0 radical (unpaired) electrons. The van der Waals surface area contributed by atoms with Gasteiger partial charge in [-0.15, -0.1) is 0 Å². The van der Waals surface area contributed by atoms with Crippen LogP contribution in [-0.4, -0.2) is 40.8 Å². The molecule has 1 aromatic carbocycles. The van der Waals surface area contributed by atoms with E-state index in [2.05, 4.69) is 15.3 Å². The van der Waals surface area contributed by atoms with Gasteiger partial charge in [0, 0.05) is 25.2 Å². The molecule has 0 unspecified atom stereocenters. The summed E-state index contributed by atoms with van der Waals surface area (Å²) in [4.78, 5) is 21.7. The maximum absolute atomic E-state index is 12.9. The molecule has 1 atom stereocenters. The number of carbonyl (C=O) groups excluding carboxylic acids is 1. The van der Waals surface area contributed by atoms with Gasteiger partial charge in [-0.25, -0.2) is 9.78 Å². The van der Waals surface area contributed by atoms with Crippen molar-refractivity contribution in [3.63, 3.8) is 0 Å². The number of methoxy groups -OCH3 is 1. The van der Waals surface area contributed by atoms with Crippen LogP contribution in [0, 0.1) is 0 Å². The number of imidazole rings is 1. The van der Waals surface area contributed by atoms with E-state index in [1.54, 1.807) is 19.5 Å². The third-order valence-electron chi connectivity index (χ3n) is 4.59. The Kier molecular flexibility index (Phi) is 4.60.